The van der Waals surface area contributed by atoms with Gasteiger partial charge in [-0.15, -0.1) is 0 Å². The number of imidazole rings is 1. The Hall–Kier alpha value is -3.35. The molecule has 3 aromatic heterocycles. The summed E-state index contributed by atoms with van der Waals surface area (Å²) in [5, 5.41) is 10.9. The Labute approximate surface area is 167 Å². The van der Waals surface area contributed by atoms with Crippen molar-refractivity contribution in [3.63, 3.8) is 0 Å². The molecule has 1 aliphatic carbocycles. The number of hydrogen-bond acceptors (Lipinski definition) is 4. The lowest BCUT2D eigenvalue weighted by molar-refractivity contribution is 0.479. The standard InChI is InChI=1S/C22H21FN6/c1-14-22(27-28-26-14)16-7-8-24-20(9-16)21-12-29(13-25-21)11-17-4-2-3-15-5-6-18(23)10-19(15)17/h5-10,12-13,17H,2-4,11H2,1H3,(H,26,27,28)/t17-/m1/s1. The van der Waals surface area contributed by atoms with Crippen molar-refractivity contribution in [2.45, 2.75) is 38.6 Å². The van der Waals surface area contributed by atoms with Crippen molar-refractivity contribution in [1.82, 2.24) is 29.9 Å². The van der Waals surface area contributed by atoms with E-state index in [0.29, 0.717) is 5.92 Å². The van der Waals surface area contributed by atoms with E-state index in [1.807, 2.05) is 37.6 Å². The van der Waals surface area contributed by atoms with E-state index in [1.54, 1.807) is 18.3 Å². The van der Waals surface area contributed by atoms with Crippen LogP contribution in [0.5, 0.6) is 0 Å². The van der Waals surface area contributed by atoms with Gasteiger partial charge in [0.1, 0.15) is 17.2 Å². The predicted octanol–water partition coefficient (Wildman–Crippen LogP) is 4.30. The fraction of sp³-hybridized carbons (Fsp3) is 0.273. The van der Waals surface area contributed by atoms with Crippen LogP contribution in [0.2, 0.25) is 0 Å². The van der Waals surface area contributed by atoms with Crippen molar-refractivity contribution in [2.75, 3.05) is 0 Å². The van der Waals surface area contributed by atoms with Gasteiger partial charge in [-0.1, -0.05) is 6.07 Å². The number of nitrogens with one attached hydrogen (secondary N) is 1. The highest BCUT2D eigenvalue weighted by Crippen LogP contribution is 2.33. The molecule has 1 aromatic carbocycles. The van der Waals surface area contributed by atoms with Gasteiger partial charge in [0, 0.05) is 30.4 Å². The molecular formula is C22H21FN6. The van der Waals surface area contributed by atoms with Crippen molar-refractivity contribution >= 4 is 0 Å². The predicted molar refractivity (Wildman–Crippen MR) is 108 cm³/mol. The zero-order chi connectivity index (χ0) is 19.8. The molecule has 7 heteroatoms. The van der Waals surface area contributed by atoms with E-state index in [2.05, 4.69) is 29.9 Å². The minimum absolute atomic E-state index is 0.161. The van der Waals surface area contributed by atoms with Crippen molar-refractivity contribution in [1.29, 1.82) is 0 Å². The first-order valence-corrected chi connectivity index (χ1v) is 9.81. The molecule has 3 heterocycles. The van der Waals surface area contributed by atoms with Crippen LogP contribution in [0.15, 0.2) is 49.1 Å². The van der Waals surface area contributed by atoms with Gasteiger partial charge in [0.05, 0.1) is 17.7 Å². The molecule has 0 aliphatic heterocycles. The number of nitrogens with zero attached hydrogens (tertiary/aromatic N) is 5. The van der Waals surface area contributed by atoms with E-state index in [9.17, 15) is 4.39 Å². The molecule has 0 saturated heterocycles. The Morgan fingerprint density at radius 2 is 2.07 bits per heavy atom. The summed E-state index contributed by atoms with van der Waals surface area (Å²) < 4.78 is 15.9. The summed E-state index contributed by atoms with van der Waals surface area (Å²) in [5.74, 6) is 0.139. The van der Waals surface area contributed by atoms with Crippen LogP contribution in [0.1, 0.15) is 35.6 Å². The molecule has 1 atom stereocenters. The molecule has 0 fully saturated rings. The second kappa shape index (κ2) is 7.24. The lowest BCUT2D eigenvalue weighted by atomic mass is 9.82. The SMILES string of the molecule is Cc1n[nH]nc1-c1ccnc(-c2cn(C[C@H]3CCCc4ccc(F)cc43)cn2)c1. The van der Waals surface area contributed by atoms with Crippen molar-refractivity contribution < 1.29 is 4.39 Å². The monoisotopic (exact) mass is 388 g/mol. The Balaban J connectivity index is 1.40. The quantitative estimate of drug-likeness (QED) is 0.566. The van der Waals surface area contributed by atoms with Gasteiger partial charge in [-0.25, -0.2) is 9.37 Å². The Bertz CT molecular complexity index is 1160. The van der Waals surface area contributed by atoms with E-state index < -0.39 is 0 Å². The molecule has 0 bridgehead atoms. The topological polar surface area (TPSA) is 72.3 Å². The second-order valence-corrected chi connectivity index (χ2v) is 7.58. The molecule has 0 saturated carbocycles. The number of fused-ring (bicyclic) bond motifs is 1. The third kappa shape index (κ3) is 3.44. The van der Waals surface area contributed by atoms with Gasteiger partial charge in [-0.2, -0.15) is 15.4 Å². The highest BCUT2D eigenvalue weighted by atomic mass is 19.1. The number of rotatable bonds is 4. The smallest absolute Gasteiger partial charge is 0.123 e. The fourth-order valence-corrected chi connectivity index (χ4v) is 4.18. The number of benzene rings is 1. The van der Waals surface area contributed by atoms with Crippen LogP contribution < -0.4 is 0 Å². The summed E-state index contributed by atoms with van der Waals surface area (Å²) in [6.07, 6.45) is 8.82. The first-order valence-electron chi connectivity index (χ1n) is 9.81. The minimum atomic E-state index is -0.161. The first-order chi connectivity index (χ1) is 14.2. The zero-order valence-electron chi connectivity index (χ0n) is 16.1. The number of halogens is 1. The maximum absolute atomic E-state index is 13.8. The summed E-state index contributed by atoms with van der Waals surface area (Å²) in [4.78, 5) is 9.03. The van der Waals surface area contributed by atoms with Crippen LogP contribution in [0.25, 0.3) is 22.6 Å². The molecule has 0 unspecified atom stereocenters. The van der Waals surface area contributed by atoms with E-state index in [0.717, 1.165) is 59.7 Å². The average Bonchev–Trinajstić information content (AvgIpc) is 3.38. The van der Waals surface area contributed by atoms with Crippen LogP contribution in [-0.2, 0) is 13.0 Å². The van der Waals surface area contributed by atoms with E-state index in [-0.39, 0.29) is 5.82 Å². The maximum Gasteiger partial charge on any atom is 0.123 e. The zero-order valence-corrected chi connectivity index (χ0v) is 16.1. The average molecular weight is 388 g/mol. The number of pyridine rings is 1. The number of H-pyrrole nitrogens is 1. The summed E-state index contributed by atoms with van der Waals surface area (Å²) in [6, 6.07) is 9.08. The second-order valence-electron chi connectivity index (χ2n) is 7.58. The molecule has 1 aliphatic rings. The van der Waals surface area contributed by atoms with Gasteiger partial charge < -0.3 is 4.57 Å². The van der Waals surface area contributed by atoms with Gasteiger partial charge in [-0.05, 0) is 61.6 Å². The molecule has 0 amide bonds. The number of aromatic amines is 1. The van der Waals surface area contributed by atoms with E-state index in [4.69, 9.17) is 0 Å². The molecule has 0 spiro atoms. The van der Waals surface area contributed by atoms with Crippen molar-refractivity contribution in [3.05, 3.63) is 71.7 Å². The molecule has 146 valence electrons. The molecule has 6 nitrogen and oxygen atoms in total. The van der Waals surface area contributed by atoms with Gasteiger partial charge in [0.25, 0.3) is 0 Å². The van der Waals surface area contributed by atoms with Crippen molar-refractivity contribution in [2.24, 2.45) is 0 Å². The van der Waals surface area contributed by atoms with Gasteiger partial charge in [-0.3, -0.25) is 4.98 Å². The van der Waals surface area contributed by atoms with Crippen molar-refractivity contribution in [3.8, 4) is 22.6 Å². The van der Waals surface area contributed by atoms with E-state index in [1.165, 1.54) is 5.56 Å². The van der Waals surface area contributed by atoms with Gasteiger partial charge in [0.2, 0.25) is 0 Å². The maximum atomic E-state index is 13.8. The lowest BCUT2D eigenvalue weighted by Crippen LogP contribution is -2.15. The molecule has 0 radical (unpaired) electrons. The molecule has 4 aromatic rings. The molecule has 5 rings (SSSR count). The molecule has 1 N–H and O–H groups in total. The third-order valence-electron chi connectivity index (χ3n) is 5.63. The lowest BCUT2D eigenvalue weighted by Gasteiger charge is -2.25. The van der Waals surface area contributed by atoms with Gasteiger partial charge >= 0.3 is 0 Å². The summed E-state index contributed by atoms with van der Waals surface area (Å²) >= 11 is 0. The highest BCUT2D eigenvalue weighted by Gasteiger charge is 2.21. The number of aryl methyl sites for hydroxylation is 2. The van der Waals surface area contributed by atoms with Crippen LogP contribution in [0.3, 0.4) is 0 Å². The Morgan fingerprint density at radius 3 is 2.93 bits per heavy atom. The largest absolute Gasteiger partial charge is 0.336 e. The third-order valence-corrected chi connectivity index (χ3v) is 5.63. The first kappa shape index (κ1) is 17.7. The summed E-state index contributed by atoms with van der Waals surface area (Å²) in [6.45, 7) is 2.70. The normalized spacial score (nSPS) is 16.0. The summed E-state index contributed by atoms with van der Waals surface area (Å²) in [5.41, 5.74) is 6.60. The number of aromatic nitrogens is 6. The Morgan fingerprint density at radius 1 is 1.14 bits per heavy atom. The minimum Gasteiger partial charge on any atom is -0.336 e. The summed E-state index contributed by atoms with van der Waals surface area (Å²) in [7, 11) is 0. The highest BCUT2D eigenvalue weighted by molar-refractivity contribution is 5.67. The molecule has 29 heavy (non-hydrogen) atoms. The molecular weight excluding hydrogens is 367 g/mol. The van der Waals surface area contributed by atoms with E-state index >= 15 is 0 Å². The fourth-order valence-electron chi connectivity index (χ4n) is 4.18. The van der Waals surface area contributed by atoms with Crippen LogP contribution in [0, 0.1) is 12.7 Å². The van der Waals surface area contributed by atoms with Crippen LogP contribution >= 0.6 is 0 Å². The van der Waals surface area contributed by atoms with Crippen LogP contribution in [-0.4, -0.2) is 29.9 Å². The van der Waals surface area contributed by atoms with Crippen LogP contribution in [0.4, 0.5) is 4.39 Å². The number of hydrogen-bond donors (Lipinski definition) is 1. The van der Waals surface area contributed by atoms with Gasteiger partial charge in [0.15, 0.2) is 0 Å². The Kier molecular flexibility index (Phi) is 4.42.